The van der Waals surface area contributed by atoms with E-state index in [9.17, 15) is 39.7 Å². The van der Waals surface area contributed by atoms with Crippen LogP contribution in [0.25, 0.3) is 0 Å². The Morgan fingerprint density at radius 1 is 0.913 bits per heavy atom. The van der Waals surface area contributed by atoms with E-state index in [1.54, 1.807) is 70.5 Å². The quantitative estimate of drug-likeness (QED) is 0.0799. The highest BCUT2D eigenvalue weighted by Crippen LogP contribution is 3.04. The Labute approximate surface area is 277 Å². The van der Waals surface area contributed by atoms with Gasteiger partial charge in [-0.1, -0.05) is 45.6 Å². The molecule has 0 aromatic heterocycles. The third-order valence-electron chi connectivity index (χ3n) is 5.70. The molecule has 0 radical (unpaired) electrons. The van der Waals surface area contributed by atoms with Gasteiger partial charge < -0.3 is 29.6 Å². The van der Waals surface area contributed by atoms with E-state index in [2.05, 4.69) is 15.0 Å². The molecule has 0 saturated carbocycles. The molecule has 21 heteroatoms. The zero-order chi connectivity index (χ0) is 33.6. The van der Waals surface area contributed by atoms with Gasteiger partial charge in [-0.15, -0.1) is 20.2 Å². The van der Waals surface area contributed by atoms with Crippen molar-refractivity contribution in [2.75, 3.05) is 11.9 Å². The Hall–Kier alpha value is -3.73. The Kier molecular flexibility index (Phi) is 11.3. The maximum Gasteiger partial charge on any atom is 0.347 e. The number of amides is 1. The minimum atomic E-state index is -2.11. The molecular weight excluding hydrogens is 725 g/mol. The lowest BCUT2D eigenvalue weighted by atomic mass is 10.1. The topological polar surface area (TPSA) is 207 Å². The molecule has 1 unspecified atom stereocenters. The van der Waals surface area contributed by atoms with Crippen molar-refractivity contribution in [1.29, 1.82) is 0 Å². The number of phenolic OH excluding ortho intramolecular Hbond substituents is 1. The average molecular weight is 746 g/mol. The maximum atomic E-state index is 13.2. The van der Waals surface area contributed by atoms with Crippen LogP contribution < -0.4 is 25.4 Å². The highest BCUT2D eigenvalue weighted by molar-refractivity contribution is 9.48. The summed E-state index contributed by atoms with van der Waals surface area (Å²) in [5.41, 5.74) is -0.0964. The molecule has 0 bridgehead atoms. The number of phenols is 1. The molecule has 1 saturated heterocycles. The van der Waals surface area contributed by atoms with Gasteiger partial charge in [-0.25, -0.2) is 4.79 Å². The summed E-state index contributed by atoms with van der Waals surface area (Å²) in [5, 5.41) is 32.6. The first-order valence-electron chi connectivity index (χ1n) is 12.6. The van der Waals surface area contributed by atoms with Crippen LogP contribution in [0.4, 0.5) is 5.69 Å². The summed E-state index contributed by atoms with van der Waals surface area (Å²) in [6.07, 6.45) is -2.56. The Morgan fingerprint density at radius 2 is 1.50 bits per heavy atom. The fourth-order valence-electron chi connectivity index (χ4n) is 3.77. The Bertz CT molecular complexity index is 1780. The smallest absolute Gasteiger partial charge is 0.347 e. The molecule has 1 atom stereocenters. The van der Waals surface area contributed by atoms with Crippen molar-refractivity contribution in [2.24, 2.45) is 0 Å². The van der Waals surface area contributed by atoms with E-state index < -0.39 is 56.0 Å². The highest BCUT2D eigenvalue weighted by Gasteiger charge is 2.45. The predicted octanol–water partition coefficient (Wildman–Crippen LogP) is 4.70. The first-order valence-corrected chi connectivity index (χ1v) is 22.3. The molecule has 2 N–H and O–H groups in total. The summed E-state index contributed by atoms with van der Waals surface area (Å²) >= 11 is 15.0. The van der Waals surface area contributed by atoms with E-state index in [1.807, 2.05) is 0 Å². The van der Waals surface area contributed by atoms with Crippen LogP contribution in [0.15, 0.2) is 66.7 Å². The second-order valence-electron chi connectivity index (χ2n) is 9.10. The normalized spacial score (nSPS) is 19.1. The van der Waals surface area contributed by atoms with E-state index in [0.717, 1.165) is 16.7 Å². The summed E-state index contributed by atoms with van der Waals surface area (Å²) < 4.78 is 6.60. The molecule has 242 valence electrons. The summed E-state index contributed by atoms with van der Waals surface area (Å²) in [6.45, 7) is 0.281. The van der Waals surface area contributed by atoms with Crippen molar-refractivity contribution < 1.29 is 48.8 Å². The number of anilines is 1. The van der Waals surface area contributed by atoms with E-state index >= 15 is 0 Å². The summed E-state index contributed by atoms with van der Waals surface area (Å²) in [5.74, 6) is -2.66. The molecule has 1 heterocycles. The van der Waals surface area contributed by atoms with Gasteiger partial charge in [0.15, 0.2) is 0 Å². The standard InChI is InChI=1S/C25H21N3O12P2S4/c1-15(29)26-16-2-11-22(23(12-16)39-24(31)13-19(40-28(35)36)14-37-27(33)34)25(32)38-18-5-9-21(10-6-18)42(44)45-41(43,46-42)20-7-3-17(30)4-8-20/h2-12,19,30H,13-14H2,1H3,(H,26,29). The van der Waals surface area contributed by atoms with Crippen LogP contribution in [-0.4, -0.2) is 45.8 Å². The molecule has 1 aliphatic heterocycles. The molecule has 3 aromatic carbocycles. The van der Waals surface area contributed by atoms with Gasteiger partial charge in [0.25, 0.3) is 10.2 Å². The molecular formula is C25H21N3O12P2S4. The van der Waals surface area contributed by atoms with Crippen molar-refractivity contribution in [3.8, 4) is 17.2 Å². The fourth-order valence-corrected chi connectivity index (χ4v) is 46.0. The van der Waals surface area contributed by atoms with Crippen LogP contribution in [0.2, 0.25) is 0 Å². The van der Waals surface area contributed by atoms with Gasteiger partial charge in [-0.3, -0.25) is 9.59 Å². The number of ether oxygens (including phenoxy) is 2. The molecule has 1 aliphatic rings. The van der Waals surface area contributed by atoms with Crippen LogP contribution in [-0.2, 0) is 42.9 Å². The second kappa shape index (κ2) is 14.8. The summed E-state index contributed by atoms with van der Waals surface area (Å²) in [4.78, 5) is 66.8. The monoisotopic (exact) mass is 745 g/mol. The highest BCUT2D eigenvalue weighted by atomic mass is 33.7. The SMILES string of the molecule is CC(=O)Nc1ccc(C(=O)Oc2ccc(P3(=S)SP(=S)(c4ccc(O)cc4)S3)cc2)c(OC(=O)CC(CO[N+](=O)[O-])O[N+](=O)[O-])c1. The number of hydrogen-bond donors (Lipinski definition) is 2. The van der Waals surface area contributed by atoms with Gasteiger partial charge in [0.2, 0.25) is 5.91 Å². The second-order valence-corrected chi connectivity index (χ2v) is 30.4. The van der Waals surface area contributed by atoms with Crippen LogP contribution in [0.5, 0.6) is 17.2 Å². The molecule has 0 aliphatic carbocycles. The third-order valence-corrected chi connectivity index (χ3v) is 36.9. The number of benzene rings is 3. The zero-order valence-electron chi connectivity index (χ0n) is 23.2. The molecule has 3 aromatic rings. The molecule has 15 nitrogen and oxygen atoms in total. The Balaban J connectivity index is 1.47. The number of carbonyl (C=O) groups excluding carboxylic acids is 3. The average Bonchev–Trinajstić information content (AvgIpc) is 2.95. The lowest BCUT2D eigenvalue weighted by Crippen LogP contribution is -2.29. The van der Waals surface area contributed by atoms with Crippen LogP contribution >= 0.6 is 30.9 Å². The third kappa shape index (κ3) is 9.18. The lowest BCUT2D eigenvalue weighted by molar-refractivity contribution is -0.789. The van der Waals surface area contributed by atoms with Crippen molar-refractivity contribution in [3.05, 3.63) is 92.5 Å². The first kappa shape index (κ1) is 35.1. The van der Waals surface area contributed by atoms with Crippen LogP contribution in [0, 0.1) is 20.2 Å². The molecule has 1 fully saturated rings. The van der Waals surface area contributed by atoms with Gasteiger partial charge in [-0.05, 0) is 60.7 Å². The van der Waals surface area contributed by atoms with Gasteiger partial charge in [0, 0.05) is 29.3 Å². The first-order chi connectivity index (χ1) is 21.7. The van der Waals surface area contributed by atoms with E-state index in [1.165, 1.54) is 19.1 Å². The van der Waals surface area contributed by atoms with E-state index in [0.29, 0.717) is 0 Å². The van der Waals surface area contributed by atoms with Crippen molar-refractivity contribution >= 4 is 88.6 Å². The number of nitrogens with zero attached hydrogens (tertiary/aromatic N) is 2. The number of carbonyl (C=O) groups is 3. The van der Waals surface area contributed by atoms with Gasteiger partial charge in [-0.2, -0.15) is 0 Å². The van der Waals surface area contributed by atoms with E-state index in [4.69, 9.17) is 33.1 Å². The van der Waals surface area contributed by atoms with Crippen molar-refractivity contribution in [3.63, 3.8) is 0 Å². The number of rotatable bonds is 13. The summed E-state index contributed by atoms with van der Waals surface area (Å²) in [7, 11) is 0. The van der Waals surface area contributed by atoms with E-state index in [-0.39, 0.29) is 28.5 Å². The summed E-state index contributed by atoms with van der Waals surface area (Å²) in [6, 6.07) is 17.1. The van der Waals surface area contributed by atoms with Crippen molar-refractivity contribution in [2.45, 2.75) is 19.4 Å². The van der Waals surface area contributed by atoms with Gasteiger partial charge in [0.05, 0.1) is 15.3 Å². The minimum absolute atomic E-state index is 0.142. The molecule has 1 amide bonds. The number of esters is 2. The van der Waals surface area contributed by atoms with Crippen LogP contribution in [0.3, 0.4) is 0 Å². The molecule has 4 rings (SSSR count). The van der Waals surface area contributed by atoms with Gasteiger partial charge >= 0.3 is 11.9 Å². The number of aromatic hydroxyl groups is 1. The maximum absolute atomic E-state index is 13.2. The minimum Gasteiger partial charge on any atom is -0.508 e. The number of nitrogens with one attached hydrogen (secondary N) is 1. The van der Waals surface area contributed by atoms with Gasteiger partial charge in [0.1, 0.15) is 35.5 Å². The molecule has 0 spiro atoms. The molecule has 46 heavy (non-hydrogen) atoms. The van der Waals surface area contributed by atoms with Crippen molar-refractivity contribution in [1.82, 2.24) is 0 Å². The lowest BCUT2D eigenvalue weighted by Gasteiger charge is -2.40. The van der Waals surface area contributed by atoms with Crippen LogP contribution in [0.1, 0.15) is 23.7 Å². The zero-order valence-corrected chi connectivity index (χ0v) is 28.3. The fraction of sp³-hybridized carbons (Fsp3) is 0.160. The Morgan fingerprint density at radius 3 is 2.04 bits per heavy atom. The largest absolute Gasteiger partial charge is 0.508 e. The predicted molar refractivity (Wildman–Crippen MR) is 178 cm³/mol. The number of hydrogen-bond acceptors (Lipinski definition) is 16.